The van der Waals surface area contributed by atoms with E-state index in [1.807, 2.05) is 24.3 Å². The molecule has 0 aliphatic heterocycles. The van der Waals surface area contributed by atoms with E-state index in [-0.39, 0.29) is 11.7 Å². The number of carbonyl (C=O) groups excluding carboxylic acids is 2. The lowest BCUT2D eigenvalue weighted by molar-refractivity contribution is -0.123. The Labute approximate surface area is 169 Å². The molecule has 0 aliphatic rings. The topological polar surface area (TPSA) is 88.7 Å². The average molecular weight is 401 g/mol. The summed E-state index contributed by atoms with van der Waals surface area (Å²) >= 11 is 5.01. The number of rotatable bonds is 6. The zero-order valence-electron chi connectivity index (χ0n) is 15.9. The second-order valence-electron chi connectivity index (χ2n) is 6.17. The molecule has 2 amide bonds. The Kier molecular flexibility index (Phi) is 7.76. The number of hydrogen-bond acceptors (Lipinski definition) is 5. The van der Waals surface area contributed by atoms with Crippen LogP contribution in [0.4, 0.5) is 0 Å². The lowest BCUT2D eigenvalue weighted by atomic mass is 10.0. The van der Waals surface area contributed by atoms with Gasteiger partial charge in [0.05, 0.1) is 12.7 Å². The van der Waals surface area contributed by atoms with Gasteiger partial charge in [0.1, 0.15) is 11.5 Å². The molecule has 0 atom stereocenters. The molecule has 7 nitrogen and oxygen atoms in total. The number of thiocarbonyl (C=S) groups is 1. The molecular weight excluding hydrogens is 378 g/mol. The fourth-order valence-corrected chi connectivity index (χ4v) is 2.44. The van der Waals surface area contributed by atoms with Gasteiger partial charge < -0.3 is 9.47 Å². The van der Waals surface area contributed by atoms with Gasteiger partial charge >= 0.3 is 0 Å². The summed E-state index contributed by atoms with van der Waals surface area (Å²) in [5.74, 6) is 0.538. The van der Waals surface area contributed by atoms with E-state index < -0.39 is 11.8 Å². The van der Waals surface area contributed by atoms with Gasteiger partial charge in [-0.25, -0.2) is 0 Å². The molecule has 148 valence electrons. The van der Waals surface area contributed by atoms with E-state index in [0.717, 1.165) is 0 Å². The maximum Gasteiger partial charge on any atom is 0.276 e. The highest BCUT2D eigenvalue weighted by Crippen LogP contribution is 2.18. The second-order valence-corrected chi connectivity index (χ2v) is 6.58. The Hall–Kier alpha value is -3.13. The second kappa shape index (κ2) is 10.3. The van der Waals surface area contributed by atoms with Crippen LogP contribution in [0.1, 0.15) is 35.7 Å². The SMILES string of the molecule is COc1ccccc1C(=O)NC(=S)NNC(=O)COc1ccc(C(C)C)cc1. The number of nitrogens with one attached hydrogen (secondary N) is 3. The van der Waals surface area contributed by atoms with Crippen LogP contribution in [0.3, 0.4) is 0 Å². The molecule has 0 aliphatic carbocycles. The Bertz CT molecular complexity index is 838. The summed E-state index contributed by atoms with van der Waals surface area (Å²) in [4.78, 5) is 24.1. The molecule has 0 heterocycles. The molecule has 8 heteroatoms. The van der Waals surface area contributed by atoms with Crippen molar-refractivity contribution < 1.29 is 19.1 Å². The summed E-state index contributed by atoms with van der Waals surface area (Å²) in [7, 11) is 1.47. The maximum atomic E-state index is 12.2. The van der Waals surface area contributed by atoms with E-state index in [1.165, 1.54) is 12.7 Å². The lowest BCUT2D eigenvalue weighted by Gasteiger charge is -2.13. The van der Waals surface area contributed by atoms with Crippen molar-refractivity contribution in [3.63, 3.8) is 0 Å². The first-order chi connectivity index (χ1) is 13.4. The van der Waals surface area contributed by atoms with Crippen LogP contribution in [0, 0.1) is 0 Å². The van der Waals surface area contributed by atoms with Gasteiger partial charge in [0.25, 0.3) is 11.8 Å². The first-order valence-corrected chi connectivity index (χ1v) is 9.07. The zero-order chi connectivity index (χ0) is 20.5. The first-order valence-electron chi connectivity index (χ1n) is 8.66. The molecule has 0 radical (unpaired) electrons. The smallest absolute Gasteiger partial charge is 0.276 e. The third-order valence-corrected chi connectivity index (χ3v) is 4.01. The van der Waals surface area contributed by atoms with Crippen molar-refractivity contribution in [2.45, 2.75) is 19.8 Å². The summed E-state index contributed by atoms with van der Waals surface area (Å²) in [6, 6.07) is 14.3. The van der Waals surface area contributed by atoms with Gasteiger partial charge in [0, 0.05) is 0 Å². The number of methoxy groups -OCH3 is 1. The van der Waals surface area contributed by atoms with E-state index in [2.05, 4.69) is 30.0 Å². The summed E-state index contributed by atoms with van der Waals surface area (Å²) < 4.78 is 10.5. The largest absolute Gasteiger partial charge is 0.496 e. The maximum absolute atomic E-state index is 12.2. The molecule has 28 heavy (non-hydrogen) atoms. The van der Waals surface area contributed by atoms with E-state index >= 15 is 0 Å². The Balaban J connectivity index is 1.76. The van der Waals surface area contributed by atoms with Crippen LogP contribution in [0.15, 0.2) is 48.5 Å². The van der Waals surface area contributed by atoms with Crippen LogP contribution in [0.2, 0.25) is 0 Å². The fourth-order valence-electron chi connectivity index (χ4n) is 2.29. The molecule has 0 bridgehead atoms. The van der Waals surface area contributed by atoms with Crippen molar-refractivity contribution in [2.75, 3.05) is 13.7 Å². The molecule has 2 aromatic carbocycles. The Morgan fingerprint density at radius 2 is 1.71 bits per heavy atom. The molecule has 2 aromatic rings. The van der Waals surface area contributed by atoms with Gasteiger partial charge in [0.2, 0.25) is 0 Å². The van der Waals surface area contributed by atoms with E-state index in [0.29, 0.717) is 23.0 Å². The van der Waals surface area contributed by atoms with Crippen molar-refractivity contribution in [3.05, 3.63) is 59.7 Å². The molecule has 0 fully saturated rings. The molecule has 0 unspecified atom stereocenters. The van der Waals surface area contributed by atoms with Gasteiger partial charge in [-0.15, -0.1) is 0 Å². The lowest BCUT2D eigenvalue weighted by Crippen LogP contribution is -2.49. The average Bonchev–Trinajstić information content (AvgIpc) is 2.70. The van der Waals surface area contributed by atoms with Crippen molar-refractivity contribution in [3.8, 4) is 11.5 Å². The predicted molar refractivity (Wildman–Crippen MR) is 110 cm³/mol. The van der Waals surface area contributed by atoms with Crippen LogP contribution in [-0.2, 0) is 4.79 Å². The van der Waals surface area contributed by atoms with Crippen molar-refractivity contribution >= 4 is 29.1 Å². The zero-order valence-corrected chi connectivity index (χ0v) is 16.8. The highest BCUT2D eigenvalue weighted by molar-refractivity contribution is 7.80. The van der Waals surface area contributed by atoms with Gasteiger partial charge in [-0.3, -0.25) is 25.8 Å². The molecule has 0 aromatic heterocycles. The van der Waals surface area contributed by atoms with Gasteiger partial charge in [-0.05, 0) is 48.0 Å². The number of carbonyl (C=O) groups is 2. The van der Waals surface area contributed by atoms with Crippen LogP contribution in [0.25, 0.3) is 0 Å². The molecular formula is C20H23N3O4S. The summed E-state index contributed by atoms with van der Waals surface area (Å²) in [5, 5.41) is 2.41. The number of hydrazine groups is 1. The fraction of sp³-hybridized carbons (Fsp3) is 0.250. The molecule has 2 rings (SSSR count). The normalized spacial score (nSPS) is 10.1. The third kappa shape index (κ3) is 6.24. The predicted octanol–water partition coefficient (Wildman–Crippen LogP) is 2.53. The Morgan fingerprint density at radius 1 is 1.04 bits per heavy atom. The first kappa shape index (κ1) is 21.2. The molecule has 3 N–H and O–H groups in total. The van der Waals surface area contributed by atoms with Crippen LogP contribution in [-0.4, -0.2) is 30.6 Å². The standard InChI is InChI=1S/C20H23N3O4S/c1-13(2)14-8-10-15(11-9-14)27-12-18(24)22-23-20(28)21-19(25)16-6-4-5-7-17(16)26-3/h4-11,13H,12H2,1-3H3,(H,22,24)(H2,21,23,25,28). The minimum absolute atomic E-state index is 0.0504. The minimum atomic E-state index is -0.453. The van der Waals surface area contributed by atoms with E-state index in [9.17, 15) is 9.59 Å². The van der Waals surface area contributed by atoms with Crippen LogP contribution in [0.5, 0.6) is 11.5 Å². The minimum Gasteiger partial charge on any atom is -0.496 e. The van der Waals surface area contributed by atoms with Crippen LogP contribution < -0.4 is 25.6 Å². The van der Waals surface area contributed by atoms with E-state index in [4.69, 9.17) is 21.7 Å². The summed E-state index contributed by atoms with van der Waals surface area (Å²) in [6.45, 7) is 4.01. The number of amides is 2. The number of benzene rings is 2. The summed E-state index contributed by atoms with van der Waals surface area (Å²) in [6.07, 6.45) is 0. The highest BCUT2D eigenvalue weighted by Gasteiger charge is 2.13. The molecule has 0 saturated heterocycles. The Morgan fingerprint density at radius 3 is 2.36 bits per heavy atom. The van der Waals surface area contributed by atoms with Gasteiger partial charge in [0.15, 0.2) is 11.7 Å². The highest BCUT2D eigenvalue weighted by atomic mass is 32.1. The number of para-hydroxylation sites is 1. The van der Waals surface area contributed by atoms with Crippen molar-refractivity contribution in [1.82, 2.24) is 16.2 Å². The van der Waals surface area contributed by atoms with Crippen molar-refractivity contribution in [1.29, 1.82) is 0 Å². The third-order valence-electron chi connectivity index (χ3n) is 3.81. The number of hydrogen-bond donors (Lipinski definition) is 3. The molecule has 0 saturated carbocycles. The van der Waals surface area contributed by atoms with Gasteiger partial charge in [-0.1, -0.05) is 38.1 Å². The number of ether oxygens (including phenoxy) is 2. The van der Waals surface area contributed by atoms with E-state index in [1.54, 1.807) is 24.3 Å². The van der Waals surface area contributed by atoms with Crippen LogP contribution >= 0.6 is 12.2 Å². The van der Waals surface area contributed by atoms with Gasteiger partial charge in [-0.2, -0.15) is 0 Å². The summed E-state index contributed by atoms with van der Waals surface area (Å²) in [5.41, 5.74) is 6.34. The molecule has 0 spiro atoms. The monoisotopic (exact) mass is 401 g/mol. The van der Waals surface area contributed by atoms with Crippen molar-refractivity contribution in [2.24, 2.45) is 0 Å². The quantitative estimate of drug-likeness (QED) is 0.509.